The third kappa shape index (κ3) is 3.27. The van der Waals surface area contributed by atoms with Gasteiger partial charge in [-0.2, -0.15) is 0 Å². The van der Waals surface area contributed by atoms with Crippen LogP contribution in [0.1, 0.15) is 16.1 Å². The molecule has 0 bridgehead atoms. The van der Waals surface area contributed by atoms with Crippen molar-refractivity contribution < 1.29 is 4.79 Å². The molecule has 0 atom stereocenters. The first-order chi connectivity index (χ1) is 11.7. The van der Waals surface area contributed by atoms with Crippen LogP contribution in [0.2, 0.25) is 0 Å². The fourth-order valence-electron chi connectivity index (χ4n) is 2.52. The number of hydrogen-bond donors (Lipinski definition) is 2. The number of H-pyrrole nitrogens is 1. The van der Waals surface area contributed by atoms with Crippen LogP contribution in [0.4, 0.5) is 5.82 Å². The van der Waals surface area contributed by atoms with E-state index in [2.05, 4.69) is 20.3 Å². The van der Waals surface area contributed by atoms with E-state index < -0.39 is 0 Å². The Labute approximate surface area is 140 Å². The van der Waals surface area contributed by atoms with Gasteiger partial charge in [-0.3, -0.25) is 4.79 Å². The van der Waals surface area contributed by atoms with Crippen molar-refractivity contribution in [3.8, 4) is 11.3 Å². The van der Waals surface area contributed by atoms with Crippen molar-refractivity contribution in [1.82, 2.24) is 20.3 Å². The summed E-state index contributed by atoms with van der Waals surface area (Å²) in [7, 11) is 3.85. The Kier molecular flexibility index (Phi) is 4.56. The van der Waals surface area contributed by atoms with E-state index in [0.29, 0.717) is 17.9 Å². The van der Waals surface area contributed by atoms with Crippen molar-refractivity contribution in [3.63, 3.8) is 0 Å². The van der Waals surface area contributed by atoms with Gasteiger partial charge in [0, 0.05) is 38.0 Å². The number of rotatable bonds is 5. The number of amides is 1. The number of benzene rings is 1. The highest BCUT2D eigenvalue weighted by molar-refractivity contribution is 5.98. The van der Waals surface area contributed by atoms with E-state index in [0.717, 1.165) is 16.9 Å². The fourth-order valence-corrected chi connectivity index (χ4v) is 2.52. The lowest BCUT2D eigenvalue weighted by atomic mass is 10.1. The lowest BCUT2D eigenvalue weighted by Gasteiger charge is -2.16. The van der Waals surface area contributed by atoms with Crippen LogP contribution in [0, 0.1) is 0 Å². The van der Waals surface area contributed by atoms with Crippen LogP contribution in [-0.2, 0) is 6.54 Å². The molecule has 3 rings (SSSR count). The van der Waals surface area contributed by atoms with Gasteiger partial charge in [0.15, 0.2) is 0 Å². The summed E-state index contributed by atoms with van der Waals surface area (Å²) in [5.74, 6) is 0.644. The second kappa shape index (κ2) is 6.95. The molecular weight excluding hydrogens is 302 g/mol. The van der Waals surface area contributed by atoms with Gasteiger partial charge in [0.25, 0.3) is 5.91 Å². The topological polar surface area (TPSA) is 73.9 Å². The molecule has 6 nitrogen and oxygen atoms in total. The fraction of sp³-hybridized carbons (Fsp3) is 0.167. The Morgan fingerprint density at radius 1 is 1.12 bits per heavy atom. The first kappa shape index (κ1) is 15.7. The molecule has 0 radical (unpaired) electrons. The van der Waals surface area contributed by atoms with Gasteiger partial charge in [-0.25, -0.2) is 9.97 Å². The molecule has 0 aliphatic carbocycles. The average Bonchev–Trinajstić information content (AvgIpc) is 3.10. The molecule has 6 heteroatoms. The van der Waals surface area contributed by atoms with Crippen molar-refractivity contribution in [1.29, 1.82) is 0 Å². The lowest BCUT2D eigenvalue weighted by molar-refractivity contribution is 0.0947. The van der Waals surface area contributed by atoms with Gasteiger partial charge in [-0.15, -0.1) is 0 Å². The van der Waals surface area contributed by atoms with Gasteiger partial charge in [-0.1, -0.05) is 36.4 Å². The first-order valence-corrected chi connectivity index (χ1v) is 7.65. The number of pyridine rings is 1. The Morgan fingerprint density at radius 2 is 1.92 bits per heavy atom. The van der Waals surface area contributed by atoms with E-state index in [-0.39, 0.29) is 5.91 Å². The molecule has 2 N–H and O–H groups in total. The number of hydrogen-bond acceptors (Lipinski definition) is 4. The molecule has 0 spiro atoms. The monoisotopic (exact) mass is 321 g/mol. The quantitative estimate of drug-likeness (QED) is 0.757. The second-order valence-electron chi connectivity index (χ2n) is 5.56. The second-order valence-corrected chi connectivity index (χ2v) is 5.56. The third-order valence-corrected chi connectivity index (χ3v) is 3.64. The SMILES string of the molecule is CN(C)c1ncccc1CNC(=O)c1[nH]cnc1-c1ccccc1. The summed E-state index contributed by atoms with van der Waals surface area (Å²) in [5.41, 5.74) is 2.96. The molecule has 0 fully saturated rings. The summed E-state index contributed by atoms with van der Waals surface area (Å²) in [6.45, 7) is 0.396. The van der Waals surface area contributed by atoms with Crippen LogP contribution in [-0.4, -0.2) is 35.0 Å². The van der Waals surface area contributed by atoms with Gasteiger partial charge in [0.1, 0.15) is 17.2 Å². The van der Waals surface area contributed by atoms with Crippen LogP contribution >= 0.6 is 0 Å². The predicted molar refractivity (Wildman–Crippen MR) is 93.8 cm³/mol. The van der Waals surface area contributed by atoms with Crippen molar-refractivity contribution in [2.24, 2.45) is 0 Å². The van der Waals surface area contributed by atoms with Gasteiger partial charge in [0.05, 0.1) is 6.33 Å². The van der Waals surface area contributed by atoms with Crippen LogP contribution < -0.4 is 10.2 Å². The highest BCUT2D eigenvalue weighted by atomic mass is 16.1. The molecule has 122 valence electrons. The van der Waals surface area contributed by atoms with E-state index in [1.807, 2.05) is 61.5 Å². The van der Waals surface area contributed by atoms with E-state index >= 15 is 0 Å². The van der Waals surface area contributed by atoms with Gasteiger partial charge >= 0.3 is 0 Å². The summed E-state index contributed by atoms with van der Waals surface area (Å²) < 4.78 is 0. The minimum Gasteiger partial charge on any atom is -0.362 e. The van der Waals surface area contributed by atoms with Crippen LogP contribution in [0.5, 0.6) is 0 Å². The predicted octanol–water partition coefficient (Wildman–Crippen LogP) is 2.47. The maximum atomic E-state index is 12.5. The average molecular weight is 321 g/mol. The van der Waals surface area contributed by atoms with E-state index in [4.69, 9.17) is 0 Å². The molecule has 1 amide bonds. The van der Waals surface area contributed by atoms with Crippen molar-refractivity contribution >= 4 is 11.7 Å². The molecule has 24 heavy (non-hydrogen) atoms. The van der Waals surface area contributed by atoms with Gasteiger partial charge in [-0.05, 0) is 6.07 Å². The highest BCUT2D eigenvalue weighted by Gasteiger charge is 2.16. The molecular formula is C18H19N5O. The zero-order chi connectivity index (χ0) is 16.9. The minimum absolute atomic E-state index is 0.195. The zero-order valence-electron chi connectivity index (χ0n) is 13.7. The molecule has 2 heterocycles. The van der Waals surface area contributed by atoms with Crippen LogP contribution in [0.3, 0.4) is 0 Å². The molecule has 1 aromatic carbocycles. The summed E-state index contributed by atoms with van der Waals surface area (Å²) in [4.78, 5) is 26.0. The Balaban J connectivity index is 1.77. The Morgan fingerprint density at radius 3 is 2.67 bits per heavy atom. The van der Waals surface area contributed by atoms with Crippen molar-refractivity contribution in [2.75, 3.05) is 19.0 Å². The largest absolute Gasteiger partial charge is 0.362 e. The van der Waals surface area contributed by atoms with Crippen LogP contribution in [0.15, 0.2) is 55.0 Å². The normalized spacial score (nSPS) is 10.4. The Hall–Kier alpha value is -3.15. The van der Waals surface area contributed by atoms with Crippen molar-refractivity contribution in [3.05, 3.63) is 66.2 Å². The van der Waals surface area contributed by atoms with Crippen LogP contribution in [0.25, 0.3) is 11.3 Å². The molecule has 2 aromatic heterocycles. The molecule has 3 aromatic rings. The Bertz CT molecular complexity index is 826. The standard InChI is InChI=1S/C18H19N5O/c1-23(2)17-14(9-6-10-19-17)11-20-18(24)16-15(21-12-22-16)13-7-4-3-5-8-13/h3-10,12H,11H2,1-2H3,(H,20,24)(H,21,22). The molecule has 0 unspecified atom stereocenters. The van der Waals surface area contributed by atoms with E-state index in [1.54, 1.807) is 6.20 Å². The summed E-state index contributed by atoms with van der Waals surface area (Å²) in [6.07, 6.45) is 3.27. The van der Waals surface area contributed by atoms with E-state index in [9.17, 15) is 4.79 Å². The third-order valence-electron chi connectivity index (χ3n) is 3.64. The molecule has 0 saturated carbocycles. The number of nitrogens with zero attached hydrogens (tertiary/aromatic N) is 3. The molecule has 0 aliphatic rings. The summed E-state index contributed by atoms with van der Waals surface area (Å²) in [5, 5.41) is 2.93. The van der Waals surface area contributed by atoms with Gasteiger partial charge in [0.2, 0.25) is 0 Å². The van der Waals surface area contributed by atoms with Crippen molar-refractivity contribution in [2.45, 2.75) is 6.54 Å². The lowest BCUT2D eigenvalue weighted by Crippen LogP contribution is -2.25. The minimum atomic E-state index is -0.195. The number of imidazole rings is 1. The smallest absolute Gasteiger partial charge is 0.270 e. The highest BCUT2D eigenvalue weighted by Crippen LogP contribution is 2.20. The van der Waals surface area contributed by atoms with E-state index in [1.165, 1.54) is 6.33 Å². The number of aromatic nitrogens is 3. The first-order valence-electron chi connectivity index (χ1n) is 7.65. The van der Waals surface area contributed by atoms with Gasteiger partial charge < -0.3 is 15.2 Å². The number of carbonyl (C=O) groups is 1. The number of anilines is 1. The molecule has 0 aliphatic heterocycles. The maximum Gasteiger partial charge on any atom is 0.270 e. The summed E-state index contributed by atoms with van der Waals surface area (Å²) >= 11 is 0. The number of nitrogens with one attached hydrogen (secondary N) is 2. The molecule has 0 saturated heterocycles. The number of carbonyl (C=O) groups excluding carboxylic acids is 1. The number of aromatic amines is 1. The zero-order valence-corrected chi connectivity index (χ0v) is 13.7. The maximum absolute atomic E-state index is 12.5. The summed E-state index contributed by atoms with van der Waals surface area (Å²) in [6, 6.07) is 13.4.